The summed E-state index contributed by atoms with van der Waals surface area (Å²) in [7, 11) is 0. The number of rotatable bonds is 1. The lowest BCUT2D eigenvalue weighted by Gasteiger charge is -2.09. The van der Waals surface area contributed by atoms with E-state index in [4.69, 9.17) is 4.74 Å². The SMILES string of the molecule is O=C1OC[C@@H]2C[C@@]12c1ccccc1F. The minimum Gasteiger partial charge on any atom is -0.465 e. The average molecular weight is 192 g/mol. The topological polar surface area (TPSA) is 26.3 Å². The van der Waals surface area contributed by atoms with E-state index in [0.29, 0.717) is 12.2 Å². The Morgan fingerprint density at radius 1 is 1.43 bits per heavy atom. The summed E-state index contributed by atoms with van der Waals surface area (Å²) < 4.78 is 18.4. The van der Waals surface area contributed by atoms with E-state index in [1.165, 1.54) is 6.07 Å². The molecule has 0 aromatic heterocycles. The lowest BCUT2D eigenvalue weighted by atomic mass is 9.94. The summed E-state index contributed by atoms with van der Waals surface area (Å²) in [5.74, 6) is -0.353. The second-order valence-electron chi connectivity index (χ2n) is 3.95. The molecule has 3 heteroatoms. The molecule has 3 rings (SSSR count). The zero-order valence-electron chi connectivity index (χ0n) is 7.50. The summed E-state index contributed by atoms with van der Waals surface area (Å²) >= 11 is 0. The van der Waals surface area contributed by atoms with Gasteiger partial charge in [-0.15, -0.1) is 0 Å². The van der Waals surface area contributed by atoms with Crippen molar-refractivity contribution < 1.29 is 13.9 Å². The molecule has 0 bridgehead atoms. The van der Waals surface area contributed by atoms with Crippen molar-refractivity contribution in [3.05, 3.63) is 35.6 Å². The van der Waals surface area contributed by atoms with Gasteiger partial charge in [-0.1, -0.05) is 18.2 Å². The number of cyclic esters (lactones) is 1. The highest BCUT2D eigenvalue weighted by Crippen LogP contribution is 2.59. The third-order valence-corrected chi connectivity index (χ3v) is 3.24. The molecule has 2 nitrogen and oxygen atoms in total. The zero-order valence-corrected chi connectivity index (χ0v) is 7.50. The Bertz CT molecular complexity index is 416. The molecule has 0 N–H and O–H groups in total. The molecule has 1 aliphatic carbocycles. The molecule has 1 aliphatic heterocycles. The highest BCUT2D eigenvalue weighted by molar-refractivity contribution is 5.89. The summed E-state index contributed by atoms with van der Waals surface area (Å²) in [5, 5.41) is 0. The van der Waals surface area contributed by atoms with Crippen molar-refractivity contribution in [2.75, 3.05) is 6.61 Å². The van der Waals surface area contributed by atoms with E-state index < -0.39 is 5.41 Å². The maximum Gasteiger partial charge on any atom is 0.317 e. The van der Waals surface area contributed by atoms with Gasteiger partial charge >= 0.3 is 5.97 Å². The van der Waals surface area contributed by atoms with Crippen LogP contribution in [-0.2, 0) is 14.9 Å². The molecule has 0 amide bonds. The highest BCUT2D eigenvalue weighted by Gasteiger charge is 2.67. The van der Waals surface area contributed by atoms with Crippen LogP contribution in [-0.4, -0.2) is 12.6 Å². The molecule has 0 radical (unpaired) electrons. The second kappa shape index (κ2) is 2.35. The van der Waals surface area contributed by atoms with E-state index in [9.17, 15) is 9.18 Å². The molecule has 2 aliphatic rings. The molecule has 0 unspecified atom stereocenters. The molecular weight excluding hydrogens is 183 g/mol. The maximum atomic E-state index is 13.5. The first-order valence-electron chi connectivity index (χ1n) is 4.67. The van der Waals surface area contributed by atoms with Gasteiger partial charge in [-0.3, -0.25) is 4.79 Å². The van der Waals surface area contributed by atoms with Crippen molar-refractivity contribution in [2.24, 2.45) is 5.92 Å². The van der Waals surface area contributed by atoms with Gasteiger partial charge in [0, 0.05) is 11.5 Å². The van der Waals surface area contributed by atoms with Crippen molar-refractivity contribution in [2.45, 2.75) is 11.8 Å². The van der Waals surface area contributed by atoms with Gasteiger partial charge in [0.25, 0.3) is 0 Å². The average Bonchev–Trinajstić information content (AvgIpc) is 2.83. The molecule has 72 valence electrons. The number of benzene rings is 1. The summed E-state index contributed by atoms with van der Waals surface area (Å²) in [5.41, 5.74) is -0.127. The molecule has 2 fully saturated rings. The normalized spacial score (nSPS) is 33.8. The maximum absolute atomic E-state index is 13.5. The van der Waals surface area contributed by atoms with Gasteiger partial charge in [-0.25, -0.2) is 4.39 Å². The van der Waals surface area contributed by atoms with Crippen molar-refractivity contribution in [1.82, 2.24) is 0 Å². The van der Waals surface area contributed by atoms with Crippen LogP contribution >= 0.6 is 0 Å². The summed E-state index contributed by atoms with van der Waals surface area (Å²) in [6, 6.07) is 6.47. The van der Waals surface area contributed by atoms with Crippen LogP contribution in [0.2, 0.25) is 0 Å². The van der Waals surface area contributed by atoms with E-state index >= 15 is 0 Å². The van der Waals surface area contributed by atoms with Gasteiger partial charge in [-0.2, -0.15) is 0 Å². The number of carbonyl (C=O) groups excluding carboxylic acids is 1. The van der Waals surface area contributed by atoms with Gasteiger partial charge in [0.2, 0.25) is 0 Å². The zero-order chi connectivity index (χ0) is 9.76. The standard InChI is InChI=1S/C11H9FO2/c12-9-4-2-1-3-8(9)11-5-7(11)6-14-10(11)13/h1-4,7H,5-6H2/t7-,11+/m0/s1. The van der Waals surface area contributed by atoms with Crippen LogP contribution < -0.4 is 0 Å². The van der Waals surface area contributed by atoms with Gasteiger partial charge in [0.15, 0.2) is 0 Å². The number of carbonyl (C=O) groups is 1. The Morgan fingerprint density at radius 2 is 2.21 bits per heavy atom. The molecular formula is C11H9FO2. The first-order valence-corrected chi connectivity index (χ1v) is 4.67. The van der Waals surface area contributed by atoms with E-state index in [1.807, 2.05) is 0 Å². The van der Waals surface area contributed by atoms with Crippen LogP contribution in [0.3, 0.4) is 0 Å². The second-order valence-corrected chi connectivity index (χ2v) is 3.95. The van der Waals surface area contributed by atoms with E-state index in [1.54, 1.807) is 18.2 Å². The lowest BCUT2D eigenvalue weighted by molar-refractivity contribution is -0.142. The molecule has 1 saturated carbocycles. The first kappa shape index (κ1) is 7.97. The van der Waals surface area contributed by atoms with Crippen LogP contribution in [0, 0.1) is 11.7 Å². The van der Waals surface area contributed by atoms with Crippen LogP contribution in [0.15, 0.2) is 24.3 Å². The van der Waals surface area contributed by atoms with Gasteiger partial charge in [-0.05, 0) is 12.5 Å². The predicted molar refractivity (Wildman–Crippen MR) is 47.1 cm³/mol. The lowest BCUT2D eigenvalue weighted by Crippen LogP contribution is -2.20. The summed E-state index contributed by atoms with van der Waals surface area (Å²) in [6.45, 7) is 0.452. The molecule has 1 heterocycles. The first-order chi connectivity index (χ1) is 6.75. The quantitative estimate of drug-likeness (QED) is 0.632. The number of hydrogen-bond acceptors (Lipinski definition) is 2. The fraction of sp³-hybridized carbons (Fsp3) is 0.364. The number of hydrogen-bond donors (Lipinski definition) is 0. The van der Waals surface area contributed by atoms with E-state index in [-0.39, 0.29) is 17.7 Å². The monoisotopic (exact) mass is 192 g/mol. The minimum atomic E-state index is -0.634. The number of ether oxygens (including phenoxy) is 1. The summed E-state index contributed by atoms with van der Waals surface area (Å²) in [4.78, 5) is 11.5. The Labute approximate surface area is 80.7 Å². The fourth-order valence-electron chi connectivity index (χ4n) is 2.35. The molecule has 1 aromatic carbocycles. The van der Waals surface area contributed by atoms with E-state index in [2.05, 4.69) is 0 Å². The molecule has 1 aromatic rings. The van der Waals surface area contributed by atoms with Crippen molar-refractivity contribution >= 4 is 5.97 Å². The Balaban J connectivity index is 2.12. The molecule has 1 saturated heterocycles. The Hall–Kier alpha value is -1.38. The van der Waals surface area contributed by atoms with Crippen LogP contribution in [0.25, 0.3) is 0 Å². The third kappa shape index (κ3) is 0.775. The summed E-state index contributed by atoms with van der Waals surface area (Å²) in [6.07, 6.45) is 0.743. The van der Waals surface area contributed by atoms with E-state index in [0.717, 1.165) is 6.42 Å². The minimum absolute atomic E-state index is 0.201. The molecule has 2 atom stereocenters. The third-order valence-electron chi connectivity index (χ3n) is 3.24. The molecule has 14 heavy (non-hydrogen) atoms. The highest BCUT2D eigenvalue weighted by atomic mass is 19.1. The van der Waals surface area contributed by atoms with Crippen molar-refractivity contribution in [3.8, 4) is 0 Å². The predicted octanol–water partition coefficient (Wildman–Crippen LogP) is 1.64. The smallest absolute Gasteiger partial charge is 0.317 e. The number of halogens is 1. The number of esters is 1. The Kier molecular flexibility index (Phi) is 1.34. The Morgan fingerprint density at radius 3 is 2.79 bits per heavy atom. The van der Waals surface area contributed by atoms with Crippen LogP contribution in [0.1, 0.15) is 12.0 Å². The largest absolute Gasteiger partial charge is 0.465 e. The van der Waals surface area contributed by atoms with Crippen LogP contribution in [0.5, 0.6) is 0 Å². The van der Waals surface area contributed by atoms with Gasteiger partial charge in [0.1, 0.15) is 11.2 Å². The fourth-order valence-corrected chi connectivity index (χ4v) is 2.35. The molecule has 0 spiro atoms. The van der Waals surface area contributed by atoms with Crippen LogP contribution in [0.4, 0.5) is 4.39 Å². The number of fused-ring (bicyclic) bond motifs is 1. The van der Waals surface area contributed by atoms with Crippen molar-refractivity contribution in [3.63, 3.8) is 0 Å². The van der Waals surface area contributed by atoms with Gasteiger partial charge < -0.3 is 4.74 Å². The van der Waals surface area contributed by atoms with Gasteiger partial charge in [0.05, 0.1) is 6.61 Å². The van der Waals surface area contributed by atoms with Crippen molar-refractivity contribution in [1.29, 1.82) is 0 Å².